The van der Waals surface area contributed by atoms with Gasteiger partial charge in [0.25, 0.3) is 0 Å². The third-order valence-electron chi connectivity index (χ3n) is 1.93. The highest BCUT2D eigenvalue weighted by atomic mass is 16.3. The van der Waals surface area contributed by atoms with Gasteiger partial charge in [-0.1, -0.05) is 6.07 Å². The van der Waals surface area contributed by atoms with Gasteiger partial charge < -0.3 is 9.67 Å². The van der Waals surface area contributed by atoms with Crippen molar-refractivity contribution in [3.05, 3.63) is 30.1 Å². The fourth-order valence-electron chi connectivity index (χ4n) is 1.29. The minimum absolute atomic E-state index is 0.0143. The van der Waals surface area contributed by atoms with Crippen molar-refractivity contribution < 1.29 is 5.11 Å². The summed E-state index contributed by atoms with van der Waals surface area (Å²) in [7, 11) is 0. The molecule has 1 N–H and O–H groups in total. The molecule has 0 fully saturated rings. The van der Waals surface area contributed by atoms with Crippen LogP contribution in [0.25, 0.3) is 11.0 Å². The quantitative estimate of drug-likeness (QED) is 0.686. The average molecular weight is 162 g/mol. The fraction of sp³-hybridized carbons (Fsp3) is 0.222. The van der Waals surface area contributed by atoms with Crippen LogP contribution in [-0.2, 0) is 6.73 Å². The van der Waals surface area contributed by atoms with E-state index < -0.39 is 0 Å². The molecule has 62 valence electrons. The first-order chi connectivity index (χ1) is 5.81. The predicted molar refractivity (Wildman–Crippen MR) is 46.7 cm³/mol. The number of imidazole rings is 1. The molecule has 2 rings (SSSR count). The molecule has 0 radical (unpaired) electrons. The standard InChI is InChI=1S/C9H10N2O/c1-7-2-3-9-8(4-7)10-5-11(9)6-12/h2-5,12H,6H2,1H3. The molecule has 0 saturated heterocycles. The van der Waals surface area contributed by atoms with Crippen molar-refractivity contribution in [2.45, 2.75) is 13.7 Å². The number of aryl methyl sites for hydroxylation is 1. The molecule has 12 heavy (non-hydrogen) atoms. The summed E-state index contributed by atoms with van der Waals surface area (Å²) in [5.74, 6) is 0. The lowest BCUT2D eigenvalue weighted by Gasteiger charge is -1.97. The summed E-state index contributed by atoms with van der Waals surface area (Å²) in [6.45, 7) is 2.01. The minimum Gasteiger partial charge on any atom is -0.376 e. The Morgan fingerprint density at radius 2 is 2.33 bits per heavy atom. The Labute approximate surface area is 70.3 Å². The topological polar surface area (TPSA) is 38.0 Å². The highest BCUT2D eigenvalue weighted by Crippen LogP contribution is 2.13. The van der Waals surface area contributed by atoms with Crippen LogP contribution in [0.3, 0.4) is 0 Å². The number of fused-ring (bicyclic) bond motifs is 1. The van der Waals surface area contributed by atoms with E-state index in [4.69, 9.17) is 5.11 Å². The van der Waals surface area contributed by atoms with E-state index in [2.05, 4.69) is 4.98 Å². The Kier molecular flexibility index (Phi) is 1.59. The van der Waals surface area contributed by atoms with Crippen molar-refractivity contribution in [3.8, 4) is 0 Å². The van der Waals surface area contributed by atoms with Crippen LogP contribution in [-0.4, -0.2) is 14.7 Å². The number of rotatable bonds is 1. The molecule has 0 spiro atoms. The van der Waals surface area contributed by atoms with Crippen LogP contribution >= 0.6 is 0 Å². The molecule has 1 aromatic carbocycles. The largest absolute Gasteiger partial charge is 0.376 e. The summed E-state index contributed by atoms with van der Waals surface area (Å²) < 4.78 is 1.70. The monoisotopic (exact) mass is 162 g/mol. The zero-order valence-corrected chi connectivity index (χ0v) is 6.86. The average Bonchev–Trinajstić information content (AvgIpc) is 2.46. The number of nitrogens with zero attached hydrogens (tertiary/aromatic N) is 2. The second-order valence-electron chi connectivity index (χ2n) is 2.85. The Hall–Kier alpha value is -1.35. The van der Waals surface area contributed by atoms with Gasteiger partial charge in [-0.3, -0.25) is 0 Å². The normalized spacial score (nSPS) is 10.8. The number of hydrogen-bond donors (Lipinski definition) is 1. The minimum atomic E-state index is -0.0143. The summed E-state index contributed by atoms with van der Waals surface area (Å²) >= 11 is 0. The molecular weight excluding hydrogens is 152 g/mol. The van der Waals surface area contributed by atoms with Gasteiger partial charge in [-0.2, -0.15) is 0 Å². The van der Waals surface area contributed by atoms with Crippen LogP contribution in [0.4, 0.5) is 0 Å². The first-order valence-corrected chi connectivity index (χ1v) is 3.83. The highest BCUT2D eigenvalue weighted by Gasteiger charge is 1.99. The van der Waals surface area contributed by atoms with E-state index in [0.29, 0.717) is 0 Å². The fourth-order valence-corrected chi connectivity index (χ4v) is 1.29. The Balaban J connectivity index is 2.73. The second kappa shape index (κ2) is 2.60. The Bertz CT molecular complexity index is 406. The summed E-state index contributed by atoms with van der Waals surface area (Å²) in [5, 5.41) is 8.92. The lowest BCUT2D eigenvalue weighted by molar-refractivity contribution is 0.215. The van der Waals surface area contributed by atoms with Gasteiger partial charge >= 0.3 is 0 Å². The lowest BCUT2D eigenvalue weighted by atomic mass is 10.2. The molecule has 3 heteroatoms. The molecule has 0 aliphatic rings. The Morgan fingerprint density at radius 3 is 3.08 bits per heavy atom. The maximum absolute atomic E-state index is 8.92. The number of benzene rings is 1. The van der Waals surface area contributed by atoms with E-state index in [1.54, 1.807) is 10.9 Å². The van der Waals surface area contributed by atoms with Gasteiger partial charge in [-0.25, -0.2) is 4.98 Å². The smallest absolute Gasteiger partial charge is 0.121 e. The van der Waals surface area contributed by atoms with Gasteiger partial charge in [0, 0.05) is 0 Å². The van der Waals surface area contributed by atoms with Crippen molar-refractivity contribution >= 4 is 11.0 Å². The number of aliphatic hydroxyl groups excluding tert-OH is 1. The third-order valence-corrected chi connectivity index (χ3v) is 1.93. The van der Waals surface area contributed by atoms with Crippen LogP contribution in [0.5, 0.6) is 0 Å². The molecule has 0 bridgehead atoms. The van der Waals surface area contributed by atoms with E-state index in [1.807, 2.05) is 25.1 Å². The maximum Gasteiger partial charge on any atom is 0.121 e. The second-order valence-corrected chi connectivity index (χ2v) is 2.85. The number of hydrogen-bond acceptors (Lipinski definition) is 2. The van der Waals surface area contributed by atoms with Crippen molar-refractivity contribution in [1.29, 1.82) is 0 Å². The zero-order valence-electron chi connectivity index (χ0n) is 6.86. The molecule has 2 aromatic rings. The molecule has 0 unspecified atom stereocenters. The van der Waals surface area contributed by atoms with E-state index in [-0.39, 0.29) is 6.73 Å². The van der Waals surface area contributed by atoms with Gasteiger partial charge in [0.05, 0.1) is 17.4 Å². The number of aromatic nitrogens is 2. The lowest BCUT2D eigenvalue weighted by Crippen LogP contribution is -1.92. The molecule has 0 amide bonds. The molecule has 0 aliphatic carbocycles. The highest BCUT2D eigenvalue weighted by molar-refractivity contribution is 5.75. The molecule has 3 nitrogen and oxygen atoms in total. The van der Waals surface area contributed by atoms with Gasteiger partial charge in [0.2, 0.25) is 0 Å². The zero-order chi connectivity index (χ0) is 8.55. The Morgan fingerprint density at radius 1 is 1.50 bits per heavy atom. The summed E-state index contributed by atoms with van der Waals surface area (Å²) in [6, 6.07) is 5.98. The van der Waals surface area contributed by atoms with Crippen LogP contribution in [0.2, 0.25) is 0 Å². The molecule has 0 aliphatic heterocycles. The molecule has 1 aromatic heterocycles. The molecule has 0 saturated carbocycles. The summed E-state index contributed by atoms with van der Waals surface area (Å²) in [6.07, 6.45) is 1.64. The molecule has 1 heterocycles. The van der Waals surface area contributed by atoms with Gasteiger partial charge in [-0.15, -0.1) is 0 Å². The van der Waals surface area contributed by atoms with Crippen LogP contribution < -0.4 is 0 Å². The van der Waals surface area contributed by atoms with Crippen LogP contribution in [0.1, 0.15) is 5.56 Å². The first kappa shape index (κ1) is 7.31. The van der Waals surface area contributed by atoms with Crippen molar-refractivity contribution in [1.82, 2.24) is 9.55 Å². The van der Waals surface area contributed by atoms with Crippen molar-refractivity contribution in [2.75, 3.05) is 0 Å². The first-order valence-electron chi connectivity index (χ1n) is 3.83. The van der Waals surface area contributed by atoms with E-state index >= 15 is 0 Å². The van der Waals surface area contributed by atoms with Crippen molar-refractivity contribution in [2.24, 2.45) is 0 Å². The van der Waals surface area contributed by atoms with Gasteiger partial charge in [-0.05, 0) is 24.6 Å². The summed E-state index contributed by atoms with van der Waals surface area (Å²) in [4.78, 5) is 4.15. The van der Waals surface area contributed by atoms with E-state index in [1.165, 1.54) is 5.56 Å². The number of aliphatic hydroxyl groups is 1. The van der Waals surface area contributed by atoms with Crippen LogP contribution in [0, 0.1) is 6.92 Å². The predicted octanol–water partition coefficient (Wildman–Crippen LogP) is 1.29. The maximum atomic E-state index is 8.92. The van der Waals surface area contributed by atoms with Crippen LogP contribution in [0.15, 0.2) is 24.5 Å². The van der Waals surface area contributed by atoms with Crippen molar-refractivity contribution in [3.63, 3.8) is 0 Å². The SMILES string of the molecule is Cc1ccc2c(c1)ncn2CO. The van der Waals surface area contributed by atoms with Gasteiger partial charge in [0.1, 0.15) is 6.73 Å². The van der Waals surface area contributed by atoms with E-state index in [9.17, 15) is 0 Å². The molecular formula is C9H10N2O. The molecule has 0 atom stereocenters. The summed E-state index contributed by atoms with van der Waals surface area (Å²) in [5.41, 5.74) is 3.10. The van der Waals surface area contributed by atoms with E-state index in [0.717, 1.165) is 11.0 Å². The van der Waals surface area contributed by atoms with Gasteiger partial charge in [0.15, 0.2) is 0 Å². The third kappa shape index (κ3) is 0.987.